The Morgan fingerprint density at radius 3 is 1.32 bits per heavy atom. The molecular formula is C26H30N2O6. The predicted octanol–water partition coefficient (Wildman–Crippen LogP) is 5.88. The molecule has 2 aromatic rings. The van der Waals surface area contributed by atoms with Gasteiger partial charge in [0.2, 0.25) is 0 Å². The van der Waals surface area contributed by atoms with Gasteiger partial charge in [0.05, 0.1) is 37.8 Å². The minimum absolute atomic E-state index is 0.357. The first-order valence-corrected chi connectivity index (χ1v) is 11.1. The molecule has 0 saturated carbocycles. The van der Waals surface area contributed by atoms with Gasteiger partial charge in [-0.2, -0.15) is 10.2 Å². The first-order valence-electron chi connectivity index (χ1n) is 11.1. The summed E-state index contributed by atoms with van der Waals surface area (Å²) in [5, 5.41) is 8.47. The summed E-state index contributed by atoms with van der Waals surface area (Å²) in [6, 6.07) is 14.7. The fraction of sp³-hybridized carbons (Fsp3) is 0.308. The normalized spacial score (nSPS) is 10.5. The van der Waals surface area contributed by atoms with Crippen molar-refractivity contribution in [3.63, 3.8) is 0 Å². The number of benzene rings is 2. The zero-order chi connectivity index (χ0) is 24.4. The maximum absolute atomic E-state index is 10.9. The van der Waals surface area contributed by atoms with Crippen LogP contribution in [0.25, 0.3) is 0 Å². The second-order valence-electron chi connectivity index (χ2n) is 7.04. The first kappa shape index (κ1) is 26.3. The molecule has 0 fully saturated rings. The molecule has 0 heterocycles. The van der Waals surface area contributed by atoms with Crippen LogP contribution >= 0.6 is 0 Å². The van der Waals surface area contributed by atoms with E-state index >= 15 is 0 Å². The molecule has 2 aromatic carbocycles. The largest absolute Gasteiger partial charge is 0.494 e. The SMILES string of the molecule is C=CC(=O)OCCCCOc1ccc(N=Nc2ccc(OCCCCOC(=O)C=C)cc2)cc1. The number of carbonyl (C=O) groups is 2. The Hall–Kier alpha value is -3.94. The highest BCUT2D eigenvalue weighted by Gasteiger charge is 1.99. The van der Waals surface area contributed by atoms with Crippen LogP contribution in [0.15, 0.2) is 84.1 Å². The topological polar surface area (TPSA) is 95.8 Å². The van der Waals surface area contributed by atoms with E-state index in [0.717, 1.165) is 49.3 Å². The molecule has 0 spiro atoms. The summed E-state index contributed by atoms with van der Waals surface area (Å²) < 4.78 is 21.2. The third kappa shape index (κ3) is 11.1. The molecule has 8 heteroatoms. The summed E-state index contributed by atoms with van der Waals surface area (Å²) in [5.41, 5.74) is 1.42. The molecule has 0 saturated heterocycles. The summed E-state index contributed by atoms with van der Waals surface area (Å²) in [7, 11) is 0. The monoisotopic (exact) mass is 466 g/mol. The molecule has 0 aliphatic carbocycles. The number of nitrogens with zero attached hydrogens (tertiary/aromatic N) is 2. The summed E-state index contributed by atoms with van der Waals surface area (Å²) in [6.07, 6.45) is 5.30. The van der Waals surface area contributed by atoms with Gasteiger partial charge in [-0.25, -0.2) is 9.59 Å². The molecule has 0 atom stereocenters. The van der Waals surface area contributed by atoms with Gasteiger partial charge in [0.15, 0.2) is 0 Å². The van der Waals surface area contributed by atoms with Gasteiger partial charge < -0.3 is 18.9 Å². The van der Waals surface area contributed by atoms with Crippen molar-refractivity contribution in [2.75, 3.05) is 26.4 Å². The van der Waals surface area contributed by atoms with Gasteiger partial charge in [0.1, 0.15) is 11.5 Å². The van der Waals surface area contributed by atoms with Crippen molar-refractivity contribution in [1.82, 2.24) is 0 Å². The van der Waals surface area contributed by atoms with Gasteiger partial charge in [-0.3, -0.25) is 0 Å². The highest BCUT2D eigenvalue weighted by atomic mass is 16.5. The molecule has 0 radical (unpaired) electrons. The fourth-order valence-electron chi connectivity index (χ4n) is 2.59. The molecular weight excluding hydrogens is 436 g/mol. The number of rotatable bonds is 16. The van der Waals surface area contributed by atoms with E-state index in [2.05, 4.69) is 23.4 Å². The smallest absolute Gasteiger partial charge is 0.330 e. The van der Waals surface area contributed by atoms with Crippen LogP contribution in [-0.4, -0.2) is 38.4 Å². The highest BCUT2D eigenvalue weighted by molar-refractivity contribution is 5.81. The van der Waals surface area contributed by atoms with E-state index in [-0.39, 0.29) is 0 Å². The first-order chi connectivity index (χ1) is 16.6. The third-order valence-corrected chi connectivity index (χ3v) is 4.39. The third-order valence-electron chi connectivity index (χ3n) is 4.39. The molecule has 0 aliphatic rings. The van der Waals surface area contributed by atoms with E-state index in [1.165, 1.54) is 0 Å². The lowest BCUT2D eigenvalue weighted by molar-refractivity contribution is -0.138. The number of carbonyl (C=O) groups excluding carboxylic acids is 2. The standard InChI is InChI=1S/C26H30N2O6/c1-3-25(29)33-19-7-5-17-31-23-13-9-21(10-14-23)27-28-22-11-15-24(16-12-22)32-18-6-8-20-34-26(30)4-2/h3-4,9-16H,1-2,5-8,17-20H2. The lowest BCUT2D eigenvalue weighted by atomic mass is 10.3. The second-order valence-corrected chi connectivity index (χ2v) is 7.04. The van der Waals surface area contributed by atoms with Crippen LogP contribution < -0.4 is 9.47 Å². The van der Waals surface area contributed by atoms with Crippen molar-refractivity contribution in [2.24, 2.45) is 10.2 Å². The number of esters is 2. The molecule has 8 nitrogen and oxygen atoms in total. The zero-order valence-electron chi connectivity index (χ0n) is 19.2. The van der Waals surface area contributed by atoms with Crippen LogP contribution in [0.3, 0.4) is 0 Å². The maximum atomic E-state index is 10.9. The van der Waals surface area contributed by atoms with Gasteiger partial charge in [0, 0.05) is 12.2 Å². The van der Waals surface area contributed by atoms with E-state index in [0.29, 0.717) is 37.8 Å². The zero-order valence-corrected chi connectivity index (χ0v) is 19.2. The Labute approximate surface area is 199 Å². The molecule has 0 bridgehead atoms. The molecule has 34 heavy (non-hydrogen) atoms. The van der Waals surface area contributed by atoms with Crippen LogP contribution in [0.2, 0.25) is 0 Å². The number of hydrogen-bond acceptors (Lipinski definition) is 8. The summed E-state index contributed by atoms with van der Waals surface area (Å²) in [5.74, 6) is 0.657. The number of azo groups is 1. The van der Waals surface area contributed by atoms with E-state index in [4.69, 9.17) is 18.9 Å². The van der Waals surface area contributed by atoms with E-state index in [9.17, 15) is 9.59 Å². The molecule has 0 amide bonds. The predicted molar refractivity (Wildman–Crippen MR) is 129 cm³/mol. The fourth-order valence-corrected chi connectivity index (χ4v) is 2.59. The molecule has 0 aromatic heterocycles. The maximum Gasteiger partial charge on any atom is 0.330 e. The van der Waals surface area contributed by atoms with Crippen LogP contribution in [0, 0.1) is 0 Å². The van der Waals surface area contributed by atoms with E-state index < -0.39 is 11.9 Å². The highest BCUT2D eigenvalue weighted by Crippen LogP contribution is 2.23. The van der Waals surface area contributed by atoms with Crippen LogP contribution in [0.5, 0.6) is 11.5 Å². The Kier molecular flexibility index (Phi) is 12.2. The molecule has 180 valence electrons. The van der Waals surface area contributed by atoms with Crippen molar-refractivity contribution in [3.8, 4) is 11.5 Å². The van der Waals surface area contributed by atoms with Crippen molar-refractivity contribution in [1.29, 1.82) is 0 Å². The number of unbranched alkanes of at least 4 members (excludes halogenated alkanes) is 2. The summed E-state index contributed by atoms with van der Waals surface area (Å²) >= 11 is 0. The Bertz CT molecular complexity index is 861. The van der Waals surface area contributed by atoms with Gasteiger partial charge in [-0.15, -0.1) is 0 Å². The van der Waals surface area contributed by atoms with Crippen molar-refractivity contribution in [3.05, 3.63) is 73.8 Å². The van der Waals surface area contributed by atoms with Gasteiger partial charge in [-0.05, 0) is 74.2 Å². The van der Waals surface area contributed by atoms with Crippen LogP contribution in [0.4, 0.5) is 11.4 Å². The lowest BCUT2D eigenvalue weighted by Gasteiger charge is -2.06. The van der Waals surface area contributed by atoms with Gasteiger partial charge in [0.25, 0.3) is 0 Å². The summed E-state index contributed by atoms with van der Waals surface area (Å²) in [4.78, 5) is 21.9. The quantitative estimate of drug-likeness (QED) is 0.133. The average Bonchev–Trinajstić information content (AvgIpc) is 2.87. The second kappa shape index (κ2) is 15.8. The van der Waals surface area contributed by atoms with E-state index in [1.807, 2.05) is 48.5 Å². The number of hydrogen-bond donors (Lipinski definition) is 0. The average molecular weight is 467 g/mol. The van der Waals surface area contributed by atoms with E-state index in [1.54, 1.807) is 0 Å². The van der Waals surface area contributed by atoms with Crippen LogP contribution in [0.1, 0.15) is 25.7 Å². The van der Waals surface area contributed by atoms with Crippen LogP contribution in [-0.2, 0) is 19.1 Å². The molecule has 2 rings (SSSR count). The van der Waals surface area contributed by atoms with Crippen molar-refractivity contribution >= 4 is 23.3 Å². The summed E-state index contributed by atoms with van der Waals surface area (Å²) in [6.45, 7) is 8.47. The Morgan fingerprint density at radius 2 is 0.971 bits per heavy atom. The van der Waals surface area contributed by atoms with Gasteiger partial charge >= 0.3 is 11.9 Å². The lowest BCUT2D eigenvalue weighted by Crippen LogP contribution is -2.04. The number of ether oxygens (including phenoxy) is 4. The van der Waals surface area contributed by atoms with Crippen molar-refractivity contribution < 1.29 is 28.5 Å². The van der Waals surface area contributed by atoms with Crippen molar-refractivity contribution in [2.45, 2.75) is 25.7 Å². The molecule has 0 N–H and O–H groups in total. The molecule has 0 aliphatic heterocycles. The Balaban J connectivity index is 1.65. The molecule has 0 unspecified atom stereocenters. The minimum atomic E-state index is -0.410. The van der Waals surface area contributed by atoms with Gasteiger partial charge in [-0.1, -0.05) is 13.2 Å². The Morgan fingerprint density at radius 1 is 0.618 bits per heavy atom. The minimum Gasteiger partial charge on any atom is -0.494 e.